The van der Waals surface area contributed by atoms with E-state index in [4.69, 9.17) is 16.0 Å². The molecule has 0 saturated heterocycles. The molecule has 0 unspecified atom stereocenters. The van der Waals surface area contributed by atoms with Crippen LogP contribution in [-0.2, 0) is 0 Å². The predicted octanol–water partition coefficient (Wildman–Crippen LogP) is 4.59. The molecule has 152 valence electrons. The van der Waals surface area contributed by atoms with Crippen molar-refractivity contribution in [3.8, 4) is 17.0 Å². The molecule has 2 aromatic heterocycles. The van der Waals surface area contributed by atoms with Gasteiger partial charge in [0.15, 0.2) is 0 Å². The van der Waals surface area contributed by atoms with Crippen molar-refractivity contribution in [2.45, 2.75) is 31.6 Å². The van der Waals surface area contributed by atoms with Crippen LogP contribution in [0.1, 0.15) is 30.9 Å². The third-order valence-electron chi connectivity index (χ3n) is 5.22. The Kier molecular flexibility index (Phi) is 4.99. The Morgan fingerprint density at radius 1 is 1.38 bits per heavy atom. The number of hydrogen-bond acceptors (Lipinski definition) is 7. The van der Waals surface area contributed by atoms with Crippen molar-refractivity contribution < 1.29 is 13.5 Å². The van der Waals surface area contributed by atoms with Crippen LogP contribution in [0.15, 0.2) is 29.4 Å². The molecule has 3 aromatic rings. The zero-order chi connectivity index (χ0) is 20.5. The number of methoxy groups -OCH3 is 1. The van der Waals surface area contributed by atoms with Gasteiger partial charge < -0.3 is 15.8 Å². The molecule has 1 aliphatic carbocycles. The van der Waals surface area contributed by atoms with Crippen molar-refractivity contribution >= 4 is 22.8 Å². The summed E-state index contributed by atoms with van der Waals surface area (Å²) in [5, 5.41) is 10.5. The second kappa shape index (κ2) is 7.61. The quantitative estimate of drug-likeness (QED) is 0.501. The first-order chi connectivity index (χ1) is 14.0. The van der Waals surface area contributed by atoms with Gasteiger partial charge in [-0.25, -0.2) is 18.8 Å². The average molecular weight is 401 g/mol. The molecule has 1 fully saturated rings. The highest BCUT2D eigenvalue weighted by molar-refractivity contribution is 5.88. The van der Waals surface area contributed by atoms with E-state index in [2.05, 4.69) is 20.5 Å². The summed E-state index contributed by atoms with van der Waals surface area (Å²) in [7, 11) is 1.51. The SMILES string of the molecule is COc1nc(N)nn2c(C3CCC3)cc(-c3ccc(N=N)c(NCC(F)F)c3)c12. The van der Waals surface area contributed by atoms with Crippen molar-refractivity contribution in [3.05, 3.63) is 30.0 Å². The molecule has 0 spiro atoms. The number of nitrogens with zero attached hydrogens (tertiary/aromatic N) is 4. The molecular formula is C19H21F2N7O. The molecule has 8 nitrogen and oxygen atoms in total. The van der Waals surface area contributed by atoms with E-state index in [9.17, 15) is 8.78 Å². The maximum Gasteiger partial charge on any atom is 0.255 e. The highest BCUT2D eigenvalue weighted by Gasteiger charge is 2.27. The van der Waals surface area contributed by atoms with Crippen LogP contribution in [0.2, 0.25) is 0 Å². The molecular weight excluding hydrogens is 380 g/mol. The standard InChI is InChI=1S/C19H21F2N7O/c1-29-18-17-12(8-15(10-3-2-4-10)28(17)27-19(22)25-18)11-5-6-13(26-23)14(7-11)24-9-16(20)21/h5-8,10,16,23-24H,2-4,9H2,1H3,(H2,22,27). The molecule has 1 aromatic carbocycles. The molecule has 4 rings (SSSR count). The number of hydrogen-bond donors (Lipinski definition) is 3. The van der Waals surface area contributed by atoms with Crippen LogP contribution in [0, 0.1) is 5.53 Å². The summed E-state index contributed by atoms with van der Waals surface area (Å²) in [6, 6.07) is 7.13. The summed E-state index contributed by atoms with van der Waals surface area (Å²) >= 11 is 0. The van der Waals surface area contributed by atoms with E-state index < -0.39 is 13.0 Å². The lowest BCUT2D eigenvalue weighted by atomic mass is 9.83. The van der Waals surface area contributed by atoms with Gasteiger partial charge in [-0.1, -0.05) is 12.5 Å². The monoisotopic (exact) mass is 401 g/mol. The van der Waals surface area contributed by atoms with Gasteiger partial charge in [-0.2, -0.15) is 10.1 Å². The molecule has 2 heterocycles. The Bertz CT molecular complexity index is 1060. The number of ether oxygens (including phenoxy) is 1. The van der Waals surface area contributed by atoms with E-state index in [1.54, 1.807) is 22.7 Å². The second-order valence-corrected chi connectivity index (χ2v) is 6.97. The minimum atomic E-state index is -2.52. The van der Waals surface area contributed by atoms with Gasteiger partial charge >= 0.3 is 0 Å². The molecule has 0 amide bonds. The largest absolute Gasteiger partial charge is 0.479 e. The van der Waals surface area contributed by atoms with Gasteiger partial charge in [0.25, 0.3) is 6.43 Å². The van der Waals surface area contributed by atoms with E-state index in [0.29, 0.717) is 23.0 Å². The first-order valence-electron chi connectivity index (χ1n) is 9.29. The van der Waals surface area contributed by atoms with E-state index in [0.717, 1.165) is 36.1 Å². The van der Waals surface area contributed by atoms with Gasteiger partial charge in [0, 0.05) is 17.2 Å². The van der Waals surface area contributed by atoms with Gasteiger partial charge in [0.2, 0.25) is 11.8 Å². The first-order valence-corrected chi connectivity index (χ1v) is 9.29. The number of nitrogens with two attached hydrogens (primary N) is 1. The number of benzene rings is 1. The lowest BCUT2D eigenvalue weighted by Crippen LogP contribution is -2.13. The van der Waals surface area contributed by atoms with Crippen LogP contribution >= 0.6 is 0 Å². The van der Waals surface area contributed by atoms with E-state index in [1.165, 1.54) is 7.11 Å². The Labute approximate surface area is 165 Å². The minimum Gasteiger partial charge on any atom is -0.479 e. The van der Waals surface area contributed by atoms with Crippen molar-refractivity contribution in [1.82, 2.24) is 14.6 Å². The maximum atomic E-state index is 12.7. The van der Waals surface area contributed by atoms with Crippen molar-refractivity contribution in [1.29, 1.82) is 5.53 Å². The number of rotatable bonds is 7. The third-order valence-corrected chi connectivity index (χ3v) is 5.22. The number of aromatic nitrogens is 3. The molecule has 0 atom stereocenters. The molecule has 0 radical (unpaired) electrons. The van der Waals surface area contributed by atoms with Gasteiger partial charge in [0.05, 0.1) is 19.3 Å². The van der Waals surface area contributed by atoms with Crippen molar-refractivity contribution in [2.24, 2.45) is 5.11 Å². The number of nitrogen functional groups attached to an aromatic ring is 1. The molecule has 10 heteroatoms. The molecule has 0 bridgehead atoms. The first kappa shape index (κ1) is 19.0. The zero-order valence-electron chi connectivity index (χ0n) is 15.8. The van der Waals surface area contributed by atoms with Crippen molar-refractivity contribution in [3.63, 3.8) is 0 Å². The Morgan fingerprint density at radius 3 is 2.79 bits per heavy atom. The fraction of sp³-hybridized carbons (Fsp3) is 0.368. The summed E-state index contributed by atoms with van der Waals surface area (Å²) in [6.45, 7) is -0.529. The fourth-order valence-corrected chi connectivity index (χ4v) is 3.60. The highest BCUT2D eigenvalue weighted by Crippen LogP contribution is 2.43. The molecule has 0 aliphatic heterocycles. The Balaban J connectivity index is 1.89. The zero-order valence-corrected chi connectivity index (χ0v) is 15.8. The van der Waals surface area contributed by atoms with Gasteiger partial charge in [-0.05, 0) is 36.6 Å². The number of halogens is 2. The van der Waals surface area contributed by atoms with Crippen LogP contribution in [0.4, 0.5) is 26.1 Å². The number of nitrogens with one attached hydrogen (secondary N) is 2. The van der Waals surface area contributed by atoms with Crippen LogP contribution in [0.5, 0.6) is 5.88 Å². The average Bonchev–Trinajstić information content (AvgIpc) is 3.03. The minimum absolute atomic E-state index is 0.111. The molecule has 1 aliphatic rings. The summed E-state index contributed by atoms with van der Waals surface area (Å²) in [4.78, 5) is 4.20. The summed E-state index contributed by atoms with van der Waals surface area (Å²) < 4.78 is 32.6. The highest BCUT2D eigenvalue weighted by atomic mass is 19.3. The topological polar surface area (TPSA) is 114 Å². The lowest BCUT2D eigenvalue weighted by Gasteiger charge is -2.24. The summed E-state index contributed by atoms with van der Waals surface area (Å²) in [6.07, 6.45) is 0.770. The van der Waals surface area contributed by atoms with E-state index in [-0.39, 0.29) is 11.6 Å². The molecule has 1 saturated carbocycles. The number of alkyl halides is 2. The predicted molar refractivity (Wildman–Crippen MR) is 105 cm³/mol. The third kappa shape index (κ3) is 3.45. The maximum absolute atomic E-state index is 12.7. The summed E-state index contributed by atoms with van der Waals surface area (Å²) in [5.74, 6) is 0.823. The number of anilines is 2. The van der Waals surface area contributed by atoms with Crippen LogP contribution in [0.25, 0.3) is 16.6 Å². The Morgan fingerprint density at radius 2 is 2.17 bits per heavy atom. The smallest absolute Gasteiger partial charge is 0.255 e. The van der Waals surface area contributed by atoms with E-state index >= 15 is 0 Å². The van der Waals surface area contributed by atoms with Gasteiger partial charge in [0.1, 0.15) is 11.2 Å². The fourth-order valence-electron chi connectivity index (χ4n) is 3.60. The van der Waals surface area contributed by atoms with Crippen LogP contribution in [0.3, 0.4) is 0 Å². The molecule has 4 N–H and O–H groups in total. The van der Waals surface area contributed by atoms with Gasteiger partial charge in [-0.15, -0.1) is 5.10 Å². The van der Waals surface area contributed by atoms with Crippen molar-refractivity contribution in [2.75, 3.05) is 24.7 Å². The van der Waals surface area contributed by atoms with Crippen LogP contribution in [-0.4, -0.2) is 34.7 Å². The Hall–Kier alpha value is -3.30. The summed E-state index contributed by atoms with van der Waals surface area (Å²) in [5.41, 5.74) is 17.1. The van der Waals surface area contributed by atoms with Gasteiger partial charge in [-0.3, -0.25) is 0 Å². The lowest BCUT2D eigenvalue weighted by molar-refractivity contribution is 0.163. The van der Waals surface area contributed by atoms with Crippen LogP contribution < -0.4 is 15.8 Å². The second-order valence-electron chi connectivity index (χ2n) is 6.97. The normalized spacial score (nSPS) is 14.2. The number of fused-ring (bicyclic) bond motifs is 1. The molecule has 29 heavy (non-hydrogen) atoms. The van der Waals surface area contributed by atoms with E-state index in [1.807, 2.05) is 6.07 Å².